The topological polar surface area (TPSA) is 82.5 Å². The number of fused-ring (bicyclic) bond motifs is 1. The zero-order chi connectivity index (χ0) is 11.5. The summed E-state index contributed by atoms with van der Waals surface area (Å²) in [4.78, 5) is 0. The summed E-state index contributed by atoms with van der Waals surface area (Å²) in [5, 5.41) is 3.25. The SMILES string of the molecule is Cc1cc2c(cc1NCC(N)CN)OCO2. The smallest absolute Gasteiger partial charge is 0.231 e. The molecular weight excluding hydrogens is 206 g/mol. The van der Waals surface area contributed by atoms with Gasteiger partial charge in [-0.15, -0.1) is 0 Å². The Morgan fingerprint density at radius 1 is 1.38 bits per heavy atom. The molecule has 0 radical (unpaired) electrons. The van der Waals surface area contributed by atoms with E-state index in [0.717, 1.165) is 22.7 Å². The zero-order valence-corrected chi connectivity index (χ0v) is 9.32. The molecule has 5 nitrogen and oxygen atoms in total. The van der Waals surface area contributed by atoms with Gasteiger partial charge in [-0.05, 0) is 18.6 Å². The van der Waals surface area contributed by atoms with Crippen molar-refractivity contribution in [2.75, 3.05) is 25.2 Å². The molecule has 2 rings (SSSR count). The van der Waals surface area contributed by atoms with Crippen LogP contribution in [0.4, 0.5) is 5.69 Å². The molecule has 1 unspecified atom stereocenters. The Labute approximate surface area is 94.7 Å². The minimum absolute atomic E-state index is 0.0372. The predicted molar refractivity (Wildman–Crippen MR) is 62.8 cm³/mol. The highest BCUT2D eigenvalue weighted by molar-refractivity contribution is 5.60. The lowest BCUT2D eigenvalue weighted by atomic mass is 10.1. The fourth-order valence-electron chi connectivity index (χ4n) is 1.56. The first kappa shape index (κ1) is 11.0. The van der Waals surface area contributed by atoms with Gasteiger partial charge in [0.2, 0.25) is 6.79 Å². The molecule has 1 aromatic rings. The number of hydrogen-bond acceptors (Lipinski definition) is 5. The third-order valence-corrected chi connectivity index (χ3v) is 2.58. The van der Waals surface area contributed by atoms with Crippen molar-refractivity contribution in [1.29, 1.82) is 0 Å². The second kappa shape index (κ2) is 4.59. The molecular formula is C11H17N3O2. The van der Waals surface area contributed by atoms with E-state index in [-0.39, 0.29) is 6.04 Å². The second-order valence-corrected chi connectivity index (χ2v) is 3.90. The van der Waals surface area contributed by atoms with Crippen molar-refractivity contribution in [3.05, 3.63) is 17.7 Å². The fourth-order valence-corrected chi connectivity index (χ4v) is 1.56. The number of nitrogens with two attached hydrogens (primary N) is 2. The Kier molecular flexibility index (Phi) is 3.17. The number of anilines is 1. The molecule has 1 heterocycles. The van der Waals surface area contributed by atoms with Gasteiger partial charge in [-0.1, -0.05) is 0 Å². The number of nitrogens with one attached hydrogen (secondary N) is 1. The van der Waals surface area contributed by atoms with Gasteiger partial charge in [0, 0.05) is 30.9 Å². The van der Waals surface area contributed by atoms with Gasteiger partial charge in [0.25, 0.3) is 0 Å². The van der Waals surface area contributed by atoms with Crippen molar-refractivity contribution in [3.8, 4) is 11.5 Å². The molecule has 5 N–H and O–H groups in total. The van der Waals surface area contributed by atoms with Gasteiger partial charge >= 0.3 is 0 Å². The normalized spacial score (nSPS) is 14.9. The van der Waals surface area contributed by atoms with Crippen LogP contribution in [0, 0.1) is 6.92 Å². The second-order valence-electron chi connectivity index (χ2n) is 3.90. The zero-order valence-electron chi connectivity index (χ0n) is 9.32. The first-order chi connectivity index (χ1) is 7.70. The minimum atomic E-state index is -0.0372. The van der Waals surface area contributed by atoms with Crippen molar-refractivity contribution in [3.63, 3.8) is 0 Å². The van der Waals surface area contributed by atoms with Gasteiger partial charge in [0.05, 0.1) is 0 Å². The highest BCUT2D eigenvalue weighted by Gasteiger charge is 2.15. The first-order valence-electron chi connectivity index (χ1n) is 5.30. The Hall–Kier alpha value is -1.46. The standard InChI is InChI=1S/C11H17N3O2/c1-7-2-10-11(16-6-15-10)3-9(7)14-5-8(13)4-12/h2-3,8,14H,4-6,12-13H2,1H3. The van der Waals surface area contributed by atoms with Gasteiger partial charge in [-0.25, -0.2) is 0 Å². The molecule has 0 saturated carbocycles. The molecule has 0 aromatic heterocycles. The van der Waals surface area contributed by atoms with Crippen LogP contribution in [0.1, 0.15) is 5.56 Å². The van der Waals surface area contributed by atoms with E-state index < -0.39 is 0 Å². The minimum Gasteiger partial charge on any atom is -0.454 e. The number of rotatable bonds is 4. The summed E-state index contributed by atoms with van der Waals surface area (Å²) < 4.78 is 10.6. The van der Waals surface area contributed by atoms with E-state index in [4.69, 9.17) is 20.9 Å². The lowest BCUT2D eigenvalue weighted by molar-refractivity contribution is 0.174. The van der Waals surface area contributed by atoms with E-state index in [0.29, 0.717) is 19.9 Å². The summed E-state index contributed by atoms with van der Waals surface area (Å²) in [6.45, 7) is 3.42. The monoisotopic (exact) mass is 223 g/mol. The maximum absolute atomic E-state index is 5.74. The highest BCUT2D eigenvalue weighted by atomic mass is 16.7. The molecule has 0 saturated heterocycles. The van der Waals surface area contributed by atoms with Crippen LogP contribution in [0.2, 0.25) is 0 Å². The van der Waals surface area contributed by atoms with Crippen LogP contribution in [0.15, 0.2) is 12.1 Å². The van der Waals surface area contributed by atoms with Crippen molar-refractivity contribution in [2.45, 2.75) is 13.0 Å². The maximum Gasteiger partial charge on any atom is 0.231 e. The fraction of sp³-hybridized carbons (Fsp3) is 0.455. The van der Waals surface area contributed by atoms with Crippen LogP contribution in [0.3, 0.4) is 0 Å². The number of benzene rings is 1. The van der Waals surface area contributed by atoms with E-state index in [9.17, 15) is 0 Å². The van der Waals surface area contributed by atoms with Gasteiger partial charge in [-0.2, -0.15) is 0 Å². The Bertz CT molecular complexity index is 382. The van der Waals surface area contributed by atoms with Gasteiger partial charge in [0.1, 0.15) is 0 Å². The van der Waals surface area contributed by atoms with Gasteiger partial charge < -0.3 is 26.3 Å². The van der Waals surface area contributed by atoms with Crippen LogP contribution in [0.5, 0.6) is 11.5 Å². The summed E-state index contributed by atoms with van der Waals surface area (Å²) in [6.07, 6.45) is 0. The Balaban J connectivity index is 2.09. The largest absolute Gasteiger partial charge is 0.454 e. The molecule has 0 amide bonds. The quantitative estimate of drug-likeness (QED) is 0.689. The van der Waals surface area contributed by atoms with E-state index in [1.165, 1.54) is 0 Å². The number of ether oxygens (including phenoxy) is 2. The molecule has 5 heteroatoms. The van der Waals surface area contributed by atoms with Gasteiger partial charge in [0.15, 0.2) is 11.5 Å². The third kappa shape index (κ3) is 2.20. The van der Waals surface area contributed by atoms with Crippen LogP contribution in [0.25, 0.3) is 0 Å². The molecule has 1 aromatic carbocycles. The molecule has 16 heavy (non-hydrogen) atoms. The third-order valence-electron chi connectivity index (χ3n) is 2.58. The first-order valence-corrected chi connectivity index (χ1v) is 5.30. The molecule has 0 fully saturated rings. The average Bonchev–Trinajstić information content (AvgIpc) is 2.72. The van der Waals surface area contributed by atoms with Crippen molar-refractivity contribution in [1.82, 2.24) is 0 Å². The van der Waals surface area contributed by atoms with E-state index in [2.05, 4.69) is 5.32 Å². The van der Waals surface area contributed by atoms with Crippen molar-refractivity contribution < 1.29 is 9.47 Å². The summed E-state index contributed by atoms with van der Waals surface area (Å²) in [6, 6.07) is 3.85. The summed E-state index contributed by atoms with van der Waals surface area (Å²) in [7, 11) is 0. The van der Waals surface area contributed by atoms with Crippen LogP contribution in [-0.4, -0.2) is 25.9 Å². The lowest BCUT2D eigenvalue weighted by Crippen LogP contribution is -2.36. The van der Waals surface area contributed by atoms with Crippen LogP contribution >= 0.6 is 0 Å². The van der Waals surface area contributed by atoms with E-state index >= 15 is 0 Å². The number of hydrogen-bond donors (Lipinski definition) is 3. The number of aryl methyl sites for hydroxylation is 1. The molecule has 0 aliphatic carbocycles. The predicted octanol–water partition coefficient (Wildman–Crippen LogP) is 0.422. The average molecular weight is 223 g/mol. The van der Waals surface area contributed by atoms with E-state index in [1.807, 2.05) is 19.1 Å². The lowest BCUT2D eigenvalue weighted by Gasteiger charge is -2.14. The van der Waals surface area contributed by atoms with Gasteiger partial charge in [-0.3, -0.25) is 0 Å². The molecule has 0 spiro atoms. The molecule has 0 bridgehead atoms. The summed E-state index contributed by atoms with van der Waals surface area (Å²) in [5.74, 6) is 1.57. The van der Waals surface area contributed by atoms with Crippen LogP contribution < -0.4 is 26.3 Å². The summed E-state index contributed by atoms with van der Waals surface area (Å²) in [5.41, 5.74) is 13.3. The van der Waals surface area contributed by atoms with Crippen molar-refractivity contribution >= 4 is 5.69 Å². The maximum atomic E-state index is 5.74. The Morgan fingerprint density at radius 3 is 2.75 bits per heavy atom. The molecule has 1 aliphatic rings. The summed E-state index contributed by atoms with van der Waals surface area (Å²) >= 11 is 0. The van der Waals surface area contributed by atoms with Crippen LogP contribution in [-0.2, 0) is 0 Å². The Morgan fingerprint density at radius 2 is 2.06 bits per heavy atom. The molecule has 1 aliphatic heterocycles. The van der Waals surface area contributed by atoms with E-state index in [1.54, 1.807) is 0 Å². The highest BCUT2D eigenvalue weighted by Crippen LogP contribution is 2.36. The van der Waals surface area contributed by atoms with Crippen molar-refractivity contribution in [2.24, 2.45) is 11.5 Å². The molecule has 88 valence electrons. The molecule has 1 atom stereocenters.